The maximum absolute atomic E-state index is 13.6. The quantitative estimate of drug-likeness (QED) is 0.460. The van der Waals surface area contributed by atoms with E-state index in [0.717, 1.165) is 25.7 Å². The summed E-state index contributed by atoms with van der Waals surface area (Å²) in [6.07, 6.45) is 4.06. The summed E-state index contributed by atoms with van der Waals surface area (Å²) in [6, 6.07) is 2.70. The molecule has 0 atom stereocenters. The molecule has 0 amide bonds. The highest BCUT2D eigenvalue weighted by Gasteiger charge is 2.28. The minimum absolute atomic E-state index is 0.0550. The number of hydrogen-bond donors (Lipinski definition) is 1. The third-order valence-electron chi connectivity index (χ3n) is 3.93. The van der Waals surface area contributed by atoms with Crippen LogP contribution in [-0.2, 0) is 0 Å². The SMILES string of the molecule is CC1(C)CCC(Nc2cc(F)c(I)cc2[N+](=O)[O-])CC1. The Hall–Kier alpha value is -0.920. The first-order chi connectivity index (χ1) is 9.28. The van der Waals surface area contributed by atoms with Gasteiger partial charge in [0.1, 0.15) is 11.5 Å². The van der Waals surface area contributed by atoms with E-state index in [0.29, 0.717) is 5.41 Å². The molecule has 0 bridgehead atoms. The van der Waals surface area contributed by atoms with Crippen LogP contribution in [0.1, 0.15) is 39.5 Å². The van der Waals surface area contributed by atoms with Crippen LogP contribution in [0.5, 0.6) is 0 Å². The molecule has 1 N–H and O–H groups in total. The lowest BCUT2D eigenvalue weighted by Crippen LogP contribution is -2.30. The number of nitrogens with zero attached hydrogens (tertiary/aromatic N) is 1. The second-order valence-corrected chi connectivity index (χ2v) is 7.29. The van der Waals surface area contributed by atoms with E-state index >= 15 is 0 Å². The fourth-order valence-corrected chi connectivity index (χ4v) is 3.02. The molecule has 1 aliphatic rings. The summed E-state index contributed by atoms with van der Waals surface area (Å²) >= 11 is 1.77. The van der Waals surface area contributed by atoms with Crippen LogP contribution < -0.4 is 5.32 Å². The van der Waals surface area contributed by atoms with Gasteiger partial charge in [0, 0.05) is 18.2 Å². The highest BCUT2D eigenvalue weighted by molar-refractivity contribution is 14.1. The topological polar surface area (TPSA) is 55.2 Å². The van der Waals surface area contributed by atoms with Crippen LogP contribution in [0.2, 0.25) is 0 Å². The smallest absolute Gasteiger partial charge is 0.293 e. The van der Waals surface area contributed by atoms with Crippen molar-refractivity contribution in [3.63, 3.8) is 0 Å². The maximum Gasteiger partial charge on any atom is 0.293 e. The molecule has 20 heavy (non-hydrogen) atoms. The van der Waals surface area contributed by atoms with Crippen LogP contribution in [0, 0.1) is 24.9 Å². The molecular formula is C14H18FIN2O2. The van der Waals surface area contributed by atoms with Gasteiger partial charge in [0.25, 0.3) is 5.69 Å². The summed E-state index contributed by atoms with van der Waals surface area (Å²) < 4.78 is 13.9. The Morgan fingerprint density at radius 3 is 2.55 bits per heavy atom. The van der Waals surface area contributed by atoms with Crippen molar-refractivity contribution in [1.82, 2.24) is 0 Å². The molecule has 2 rings (SSSR count). The van der Waals surface area contributed by atoms with E-state index < -0.39 is 10.7 Å². The zero-order valence-electron chi connectivity index (χ0n) is 11.6. The molecule has 4 nitrogen and oxygen atoms in total. The lowest BCUT2D eigenvalue weighted by Gasteiger charge is -2.35. The van der Waals surface area contributed by atoms with Gasteiger partial charge in [-0.25, -0.2) is 4.39 Å². The molecule has 0 heterocycles. The zero-order valence-corrected chi connectivity index (χ0v) is 13.7. The van der Waals surface area contributed by atoms with Gasteiger partial charge >= 0.3 is 0 Å². The van der Waals surface area contributed by atoms with Crippen molar-refractivity contribution in [2.75, 3.05) is 5.32 Å². The van der Waals surface area contributed by atoms with Gasteiger partial charge in [-0.1, -0.05) is 13.8 Å². The first-order valence-corrected chi connectivity index (χ1v) is 7.76. The largest absolute Gasteiger partial charge is 0.377 e. The summed E-state index contributed by atoms with van der Waals surface area (Å²) in [5, 5.41) is 14.2. The van der Waals surface area contributed by atoms with Crippen LogP contribution in [0.3, 0.4) is 0 Å². The molecule has 1 aromatic rings. The van der Waals surface area contributed by atoms with Crippen LogP contribution in [0.4, 0.5) is 15.8 Å². The monoisotopic (exact) mass is 392 g/mol. The van der Waals surface area contributed by atoms with Crippen molar-refractivity contribution < 1.29 is 9.31 Å². The zero-order chi connectivity index (χ0) is 14.9. The predicted molar refractivity (Wildman–Crippen MR) is 85.4 cm³/mol. The Labute approximate surface area is 131 Å². The van der Waals surface area contributed by atoms with Gasteiger partial charge in [-0.15, -0.1) is 0 Å². The molecular weight excluding hydrogens is 374 g/mol. The molecule has 110 valence electrons. The van der Waals surface area contributed by atoms with Crippen LogP contribution in [-0.4, -0.2) is 11.0 Å². The Kier molecular flexibility index (Phi) is 4.51. The number of nitro benzene ring substituents is 1. The highest BCUT2D eigenvalue weighted by Crippen LogP contribution is 2.37. The van der Waals surface area contributed by atoms with Gasteiger partial charge in [-0.2, -0.15) is 0 Å². The Balaban J connectivity index is 2.17. The fraction of sp³-hybridized carbons (Fsp3) is 0.571. The Morgan fingerprint density at radius 1 is 1.40 bits per heavy atom. The van der Waals surface area contributed by atoms with Crippen molar-refractivity contribution in [3.8, 4) is 0 Å². The Morgan fingerprint density at radius 2 is 2.00 bits per heavy atom. The van der Waals surface area contributed by atoms with E-state index in [1.165, 1.54) is 12.1 Å². The maximum atomic E-state index is 13.6. The summed E-state index contributed by atoms with van der Waals surface area (Å²) in [5.41, 5.74) is 0.569. The van der Waals surface area contributed by atoms with Crippen LogP contribution in [0.15, 0.2) is 12.1 Å². The molecule has 1 fully saturated rings. The summed E-state index contributed by atoms with van der Waals surface area (Å²) in [6.45, 7) is 4.46. The van der Waals surface area contributed by atoms with E-state index in [1.54, 1.807) is 22.6 Å². The van der Waals surface area contributed by atoms with Crippen molar-refractivity contribution in [1.29, 1.82) is 0 Å². The highest BCUT2D eigenvalue weighted by atomic mass is 127. The summed E-state index contributed by atoms with van der Waals surface area (Å²) in [7, 11) is 0. The van der Waals surface area contributed by atoms with Gasteiger partial charge in [-0.05, 0) is 53.7 Å². The van der Waals surface area contributed by atoms with E-state index in [1.807, 2.05) is 0 Å². The van der Waals surface area contributed by atoms with E-state index in [9.17, 15) is 14.5 Å². The van der Waals surface area contributed by atoms with E-state index in [4.69, 9.17) is 0 Å². The second-order valence-electron chi connectivity index (χ2n) is 6.12. The second kappa shape index (κ2) is 5.83. The van der Waals surface area contributed by atoms with Gasteiger partial charge in [0.2, 0.25) is 0 Å². The van der Waals surface area contributed by atoms with Gasteiger partial charge in [0.15, 0.2) is 0 Å². The molecule has 6 heteroatoms. The van der Waals surface area contributed by atoms with Crippen molar-refractivity contribution >= 4 is 34.0 Å². The molecule has 1 saturated carbocycles. The number of anilines is 1. The molecule has 0 saturated heterocycles. The van der Waals surface area contributed by atoms with Gasteiger partial charge < -0.3 is 5.32 Å². The van der Waals surface area contributed by atoms with E-state index in [-0.39, 0.29) is 21.0 Å². The molecule has 0 spiro atoms. The molecule has 0 unspecified atom stereocenters. The molecule has 0 radical (unpaired) electrons. The third kappa shape index (κ3) is 3.59. The summed E-state index contributed by atoms with van der Waals surface area (Å²) in [5.74, 6) is -0.421. The first kappa shape index (κ1) is 15.5. The average Bonchev–Trinajstić information content (AvgIpc) is 2.35. The number of hydrogen-bond acceptors (Lipinski definition) is 3. The molecule has 1 aromatic carbocycles. The minimum Gasteiger partial charge on any atom is -0.377 e. The normalized spacial score (nSPS) is 18.8. The van der Waals surface area contributed by atoms with Gasteiger partial charge in [0.05, 0.1) is 8.49 Å². The molecule has 0 aliphatic heterocycles. The average molecular weight is 392 g/mol. The number of rotatable bonds is 3. The number of halogens is 2. The lowest BCUT2D eigenvalue weighted by atomic mass is 9.75. The number of benzene rings is 1. The standard InChI is InChI=1S/C14H18FIN2O2/c1-14(2)5-3-9(4-6-14)17-12-7-10(15)11(16)8-13(12)18(19)20/h7-9,17H,3-6H2,1-2H3. The van der Waals surface area contributed by atoms with Gasteiger partial charge in [-0.3, -0.25) is 10.1 Å². The third-order valence-corrected chi connectivity index (χ3v) is 4.76. The van der Waals surface area contributed by atoms with Crippen molar-refractivity contribution in [2.24, 2.45) is 5.41 Å². The molecule has 1 aliphatic carbocycles. The van der Waals surface area contributed by atoms with Crippen LogP contribution >= 0.6 is 22.6 Å². The first-order valence-electron chi connectivity index (χ1n) is 6.68. The van der Waals surface area contributed by atoms with Crippen molar-refractivity contribution in [3.05, 3.63) is 31.6 Å². The summed E-state index contributed by atoms with van der Waals surface area (Å²) in [4.78, 5) is 10.6. The molecule has 0 aromatic heterocycles. The number of nitro groups is 1. The number of nitrogens with one attached hydrogen (secondary N) is 1. The van der Waals surface area contributed by atoms with E-state index in [2.05, 4.69) is 19.2 Å². The van der Waals surface area contributed by atoms with Crippen molar-refractivity contribution in [2.45, 2.75) is 45.6 Å². The van der Waals surface area contributed by atoms with Crippen LogP contribution in [0.25, 0.3) is 0 Å². The minimum atomic E-state index is -0.462. The predicted octanol–water partition coefficient (Wildman–Crippen LogP) is 4.72. The lowest BCUT2D eigenvalue weighted by molar-refractivity contribution is -0.384. The Bertz CT molecular complexity index is 524. The fourth-order valence-electron chi connectivity index (χ4n) is 2.57.